The minimum atomic E-state index is -1.09. The highest BCUT2D eigenvalue weighted by atomic mass is 16.2. The monoisotopic (exact) mass is 290 g/mol. The molecule has 0 fully saturated rings. The molecule has 0 saturated carbocycles. The summed E-state index contributed by atoms with van der Waals surface area (Å²) in [5, 5.41) is 5.57. The number of nitrogens with one attached hydrogen (secondary N) is 2. The van der Waals surface area contributed by atoms with E-state index in [-0.39, 0.29) is 11.8 Å². The molecule has 0 heterocycles. The predicted octanol–water partition coefficient (Wildman–Crippen LogP) is 3.30. The molecule has 4 nitrogen and oxygen atoms in total. The van der Waals surface area contributed by atoms with Crippen molar-refractivity contribution in [2.75, 3.05) is 11.9 Å². The Balaban J connectivity index is 2.72. The summed E-state index contributed by atoms with van der Waals surface area (Å²) >= 11 is 0. The van der Waals surface area contributed by atoms with Crippen molar-refractivity contribution in [3.05, 3.63) is 29.8 Å². The van der Waals surface area contributed by atoms with Gasteiger partial charge in [-0.2, -0.15) is 0 Å². The Bertz CT molecular complexity index is 490. The summed E-state index contributed by atoms with van der Waals surface area (Å²) in [6.07, 6.45) is 0.847. The Morgan fingerprint density at radius 3 is 2.14 bits per heavy atom. The molecule has 116 valence electrons. The Kier molecular flexibility index (Phi) is 5.94. The summed E-state index contributed by atoms with van der Waals surface area (Å²) in [4.78, 5) is 24.3. The second-order valence-corrected chi connectivity index (χ2v) is 6.11. The van der Waals surface area contributed by atoms with Crippen molar-refractivity contribution in [2.45, 2.75) is 47.0 Å². The maximum Gasteiger partial charge on any atom is 0.239 e. The predicted molar refractivity (Wildman–Crippen MR) is 86.2 cm³/mol. The van der Waals surface area contributed by atoms with Crippen LogP contribution in [0.15, 0.2) is 24.3 Å². The Morgan fingerprint density at radius 2 is 1.67 bits per heavy atom. The van der Waals surface area contributed by atoms with Crippen molar-refractivity contribution >= 4 is 17.5 Å². The van der Waals surface area contributed by atoms with E-state index in [1.54, 1.807) is 13.8 Å². The number of benzene rings is 1. The second-order valence-electron chi connectivity index (χ2n) is 6.11. The normalized spacial score (nSPS) is 11.3. The summed E-state index contributed by atoms with van der Waals surface area (Å²) in [6.45, 7) is 10.1. The van der Waals surface area contributed by atoms with Crippen molar-refractivity contribution in [3.8, 4) is 0 Å². The Labute approximate surface area is 127 Å². The lowest BCUT2D eigenvalue weighted by Crippen LogP contribution is -2.45. The number of rotatable bonds is 6. The summed E-state index contributed by atoms with van der Waals surface area (Å²) in [7, 11) is 0. The quantitative estimate of drug-likeness (QED) is 0.790. The van der Waals surface area contributed by atoms with Crippen LogP contribution in [-0.4, -0.2) is 18.4 Å². The van der Waals surface area contributed by atoms with E-state index in [9.17, 15) is 9.59 Å². The van der Waals surface area contributed by atoms with Gasteiger partial charge in [0.1, 0.15) is 5.41 Å². The van der Waals surface area contributed by atoms with Gasteiger partial charge in [0.15, 0.2) is 0 Å². The summed E-state index contributed by atoms with van der Waals surface area (Å²) in [5.74, 6) is -0.0972. The third-order valence-electron chi connectivity index (χ3n) is 3.51. The number of carbonyl (C=O) groups excluding carboxylic acids is 2. The number of hydrogen-bond acceptors (Lipinski definition) is 2. The van der Waals surface area contributed by atoms with E-state index in [2.05, 4.69) is 24.5 Å². The fraction of sp³-hybridized carbons (Fsp3) is 0.529. The average molecular weight is 290 g/mol. The summed E-state index contributed by atoms with van der Waals surface area (Å²) < 4.78 is 0. The number of hydrogen-bond donors (Lipinski definition) is 2. The van der Waals surface area contributed by atoms with Gasteiger partial charge in [-0.05, 0) is 43.9 Å². The molecule has 0 aliphatic rings. The van der Waals surface area contributed by atoms with E-state index >= 15 is 0 Å². The van der Waals surface area contributed by atoms with Gasteiger partial charge >= 0.3 is 0 Å². The molecule has 2 amide bonds. The molecule has 0 aliphatic heterocycles. The van der Waals surface area contributed by atoms with Gasteiger partial charge in [0.05, 0.1) is 0 Å². The molecule has 4 heteroatoms. The molecule has 1 rings (SSSR count). The van der Waals surface area contributed by atoms with Crippen LogP contribution in [0.3, 0.4) is 0 Å². The van der Waals surface area contributed by atoms with Gasteiger partial charge in [-0.25, -0.2) is 0 Å². The molecule has 0 saturated heterocycles. The molecular weight excluding hydrogens is 264 g/mol. The van der Waals surface area contributed by atoms with Crippen molar-refractivity contribution in [1.82, 2.24) is 5.32 Å². The van der Waals surface area contributed by atoms with Crippen LogP contribution in [0.25, 0.3) is 0 Å². The molecule has 2 N–H and O–H groups in total. The molecule has 0 aromatic heterocycles. The van der Waals surface area contributed by atoms with Gasteiger partial charge in [0, 0.05) is 12.2 Å². The topological polar surface area (TPSA) is 58.2 Å². The SMILES string of the molecule is CCCNC(=O)C(C)(C)C(=O)Nc1ccc(C(C)C)cc1. The highest BCUT2D eigenvalue weighted by molar-refractivity contribution is 6.09. The highest BCUT2D eigenvalue weighted by Crippen LogP contribution is 2.21. The van der Waals surface area contributed by atoms with E-state index in [0.29, 0.717) is 18.2 Å². The highest BCUT2D eigenvalue weighted by Gasteiger charge is 2.35. The van der Waals surface area contributed by atoms with Crippen LogP contribution >= 0.6 is 0 Å². The van der Waals surface area contributed by atoms with Gasteiger partial charge in [-0.3, -0.25) is 9.59 Å². The van der Waals surface area contributed by atoms with Crippen LogP contribution < -0.4 is 10.6 Å². The van der Waals surface area contributed by atoms with Crippen LogP contribution in [0.1, 0.15) is 52.5 Å². The molecule has 1 aromatic rings. The van der Waals surface area contributed by atoms with E-state index in [1.807, 2.05) is 31.2 Å². The maximum absolute atomic E-state index is 12.3. The lowest BCUT2D eigenvalue weighted by atomic mass is 9.91. The minimum absolute atomic E-state index is 0.249. The van der Waals surface area contributed by atoms with Crippen molar-refractivity contribution in [1.29, 1.82) is 0 Å². The first-order valence-corrected chi connectivity index (χ1v) is 7.48. The standard InChI is InChI=1S/C17H26N2O2/c1-6-11-18-15(20)17(4,5)16(21)19-14-9-7-13(8-10-14)12(2)3/h7-10,12H,6,11H2,1-5H3,(H,18,20)(H,19,21). The van der Waals surface area contributed by atoms with Crippen LogP contribution in [0.5, 0.6) is 0 Å². The lowest BCUT2D eigenvalue weighted by Gasteiger charge is -2.22. The number of carbonyl (C=O) groups is 2. The van der Waals surface area contributed by atoms with Crippen LogP contribution in [0, 0.1) is 5.41 Å². The van der Waals surface area contributed by atoms with Gasteiger partial charge < -0.3 is 10.6 Å². The van der Waals surface area contributed by atoms with E-state index < -0.39 is 5.41 Å². The zero-order chi connectivity index (χ0) is 16.0. The first kappa shape index (κ1) is 17.2. The first-order chi connectivity index (χ1) is 9.78. The van der Waals surface area contributed by atoms with E-state index in [1.165, 1.54) is 5.56 Å². The molecule has 0 unspecified atom stereocenters. The third-order valence-corrected chi connectivity index (χ3v) is 3.51. The summed E-state index contributed by atoms with van der Waals surface area (Å²) in [5.41, 5.74) is 0.833. The van der Waals surface area contributed by atoms with E-state index in [4.69, 9.17) is 0 Å². The molecule has 0 bridgehead atoms. The van der Waals surface area contributed by atoms with Crippen LogP contribution in [0.2, 0.25) is 0 Å². The second kappa shape index (κ2) is 7.25. The molecule has 0 atom stereocenters. The van der Waals surface area contributed by atoms with Gasteiger partial charge in [-0.15, -0.1) is 0 Å². The molecule has 21 heavy (non-hydrogen) atoms. The Morgan fingerprint density at radius 1 is 1.10 bits per heavy atom. The molecule has 0 radical (unpaired) electrons. The zero-order valence-corrected chi connectivity index (χ0v) is 13.6. The average Bonchev–Trinajstić information content (AvgIpc) is 2.45. The third kappa shape index (κ3) is 4.59. The fourth-order valence-electron chi connectivity index (χ4n) is 1.80. The molecule has 1 aromatic carbocycles. The molecular formula is C17H26N2O2. The number of amides is 2. The fourth-order valence-corrected chi connectivity index (χ4v) is 1.80. The minimum Gasteiger partial charge on any atom is -0.355 e. The molecule has 0 spiro atoms. The van der Waals surface area contributed by atoms with Gasteiger partial charge in [0.25, 0.3) is 0 Å². The summed E-state index contributed by atoms with van der Waals surface area (Å²) in [6, 6.07) is 7.72. The van der Waals surface area contributed by atoms with Crippen LogP contribution in [0.4, 0.5) is 5.69 Å². The van der Waals surface area contributed by atoms with Crippen molar-refractivity contribution in [3.63, 3.8) is 0 Å². The first-order valence-electron chi connectivity index (χ1n) is 7.48. The van der Waals surface area contributed by atoms with E-state index in [0.717, 1.165) is 6.42 Å². The maximum atomic E-state index is 12.3. The van der Waals surface area contributed by atoms with Crippen LogP contribution in [-0.2, 0) is 9.59 Å². The number of anilines is 1. The lowest BCUT2D eigenvalue weighted by molar-refractivity contribution is -0.138. The van der Waals surface area contributed by atoms with Gasteiger partial charge in [0.2, 0.25) is 11.8 Å². The Hall–Kier alpha value is -1.84. The smallest absolute Gasteiger partial charge is 0.239 e. The zero-order valence-electron chi connectivity index (χ0n) is 13.6. The largest absolute Gasteiger partial charge is 0.355 e. The van der Waals surface area contributed by atoms with Crippen molar-refractivity contribution in [2.24, 2.45) is 5.41 Å². The van der Waals surface area contributed by atoms with Gasteiger partial charge in [-0.1, -0.05) is 32.9 Å². The van der Waals surface area contributed by atoms with Crippen molar-refractivity contribution < 1.29 is 9.59 Å². The molecule has 0 aliphatic carbocycles.